The number of hydrogen-bond donors (Lipinski definition) is 2. The van der Waals surface area contributed by atoms with Crippen LogP contribution < -0.4 is 5.32 Å². The van der Waals surface area contributed by atoms with Crippen LogP contribution in [0.5, 0.6) is 0 Å². The highest BCUT2D eigenvalue weighted by molar-refractivity contribution is 5.36. The Hall–Kier alpha value is -2.50. The zero-order chi connectivity index (χ0) is 17.5. The van der Waals surface area contributed by atoms with E-state index in [9.17, 15) is 5.11 Å². The summed E-state index contributed by atoms with van der Waals surface area (Å²) in [5, 5.41) is 20.7. The van der Waals surface area contributed by atoms with Crippen molar-refractivity contribution in [2.45, 2.75) is 25.3 Å². The summed E-state index contributed by atoms with van der Waals surface area (Å²) in [7, 11) is 0. The van der Waals surface area contributed by atoms with E-state index in [0.29, 0.717) is 5.92 Å². The minimum absolute atomic E-state index is 0.193. The average molecular weight is 336 g/mol. The number of aliphatic hydroxyl groups excluding tert-OH is 1. The molecule has 0 fully saturated rings. The molecule has 0 amide bonds. The van der Waals surface area contributed by atoms with Gasteiger partial charge in [-0.15, -0.1) is 10.2 Å². The first-order valence-electron chi connectivity index (χ1n) is 8.62. The summed E-state index contributed by atoms with van der Waals surface area (Å²) < 4.78 is 1.90. The van der Waals surface area contributed by atoms with Crippen LogP contribution in [-0.2, 0) is 0 Å². The molecule has 0 bridgehead atoms. The van der Waals surface area contributed by atoms with Gasteiger partial charge >= 0.3 is 0 Å². The first kappa shape index (κ1) is 17.3. The summed E-state index contributed by atoms with van der Waals surface area (Å²) in [6, 6.07) is 18.9. The number of nitrogens with zero attached hydrogens (tertiary/aromatic N) is 3. The van der Waals surface area contributed by atoms with Crippen molar-refractivity contribution in [2.75, 3.05) is 13.2 Å². The molecule has 0 aliphatic rings. The Morgan fingerprint density at radius 3 is 2.44 bits per heavy atom. The zero-order valence-electron chi connectivity index (χ0n) is 14.4. The molecule has 0 saturated heterocycles. The van der Waals surface area contributed by atoms with Crippen molar-refractivity contribution in [3.8, 4) is 5.69 Å². The van der Waals surface area contributed by atoms with E-state index in [-0.39, 0.29) is 12.6 Å². The lowest BCUT2D eigenvalue weighted by Gasteiger charge is -2.21. The van der Waals surface area contributed by atoms with Gasteiger partial charge in [-0.05, 0) is 42.5 Å². The third kappa shape index (κ3) is 4.53. The average Bonchev–Trinajstić information content (AvgIpc) is 3.20. The van der Waals surface area contributed by atoms with Gasteiger partial charge in [-0.3, -0.25) is 4.57 Å². The van der Waals surface area contributed by atoms with E-state index in [0.717, 1.165) is 18.7 Å². The van der Waals surface area contributed by atoms with E-state index in [1.54, 1.807) is 12.7 Å². The molecule has 2 unspecified atom stereocenters. The van der Waals surface area contributed by atoms with Crippen molar-refractivity contribution in [3.63, 3.8) is 0 Å². The molecule has 2 atom stereocenters. The first-order valence-corrected chi connectivity index (χ1v) is 8.62. The summed E-state index contributed by atoms with van der Waals surface area (Å²) >= 11 is 0. The highest BCUT2D eigenvalue weighted by Crippen LogP contribution is 2.21. The van der Waals surface area contributed by atoms with E-state index in [2.05, 4.69) is 46.7 Å². The highest BCUT2D eigenvalue weighted by atomic mass is 16.3. The Kier molecular flexibility index (Phi) is 5.93. The van der Waals surface area contributed by atoms with Gasteiger partial charge in [-0.1, -0.05) is 42.5 Å². The molecule has 1 heterocycles. The van der Waals surface area contributed by atoms with Gasteiger partial charge in [0.15, 0.2) is 0 Å². The van der Waals surface area contributed by atoms with Gasteiger partial charge in [0.1, 0.15) is 12.7 Å². The van der Waals surface area contributed by atoms with E-state index < -0.39 is 0 Å². The third-order valence-electron chi connectivity index (χ3n) is 4.51. The second-order valence-corrected chi connectivity index (χ2v) is 6.21. The lowest BCUT2D eigenvalue weighted by atomic mass is 9.95. The lowest BCUT2D eigenvalue weighted by molar-refractivity contribution is 0.272. The quantitative estimate of drug-likeness (QED) is 0.663. The fraction of sp³-hybridized carbons (Fsp3) is 0.300. The van der Waals surface area contributed by atoms with Crippen LogP contribution in [0, 0.1) is 0 Å². The van der Waals surface area contributed by atoms with Crippen molar-refractivity contribution in [2.24, 2.45) is 0 Å². The molecule has 0 saturated carbocycles. The number of aromatic nitrogens is 3. The summed E-state index contributed by atoms with van der Waals surface area (Å²) in [6.07, 6.45) is 4.15. The fourth-order valence-corrected chi connectivity index (χ4v) is 2.99. The van der Waals surface area contributed by atoms with Crippen LogP contribution in [0.4, 0.5) is 0 Å². The molecule has 2 aromatic carbocycles. The predicted molar refractivity (Wildman–Crippen MR) is 98.7 cm³/mol. The first-order chi connectivity index (χ1) is 12.3. The van der Waals surface area contributed by atoms with E-state index in [1.165, 1.54) is 11.1 Å². The molecule has 0 aliphatic carbocycles. The standard InChI is InChI=1S/C20H24N4O/c1-16(18-8-5-9-20(12-18)24-14-22-23-15-24)21-13-19(10-11-25)17-6-3-2-4-7-17/h2-9,12,14-16,19,21,25H,10-11,13H2,1H3. The summed E-state index contributed by atoms with van der Waals surface area (Å²) in [5.41, 5.74) is 3.52. The van der Waals surface area contributed by atoms with Gasteiger partial charge in [-0.25, -0.2) is 0 Å². The smallest absolute Gasteiger partial charge is 0.123 e. The number of hydrogen-bond acceptors (Lipinski definition) is 4. The maximum atomic E-state index is 9.38. The van der Waals surface area contributed by atoms with Crippen LogP contribution >= 0.6 is 0 Å². The van der Waals surface area contributed by atoms with Crippen molar-refractivity contribution in [1.29, 1.82) is 0 Å². The summed E-state index contributed by atoms with van der Waals surface area (Å²) in [4.78, 5) is 0. The lowest BCUT2D eigenvalue weighted by Crippen LogP contribution is -2.25. The number of aliphatic hydroxyl groups is 1. The van der Waals surface area contributed by atoms with Crippen LogP contribution in [-0.4, -0.2) is 33.0 Å². The fourth-order valence-electron chi connectivity index (χ4n) is 2.99. The van der Waals surface area contributed by atoms with Crippen molar-refractivity contribution < 1.29 is 5.11 Å². The van der Waals surface area contributed by atoms with E-state index >= 15 is 0 Å². The van der Waals surface area contributed by atoms with Crippen LogP contribution in [0.2, 0.25) is 0 Å². The monoisotopic (exact) mass is 336 g/mol. The van der Waals surface area contributed by atoms with Gasteiger partial charge in [0.2, 0.25) is 0 Å². The maximum absolute atomic E-state index is 9.38. The molecular formula is C20H24N4O. The van der Waals surface area contributed by atoms with Crippen molar-refractivity contribution in [3.05, 3.63) is 78.4 Å². The SMILES string of the molecule is CC(NCC(CCO)c1ccccc1)c1cccc(-n2cnnc2)c1. The Morgan fingerprint density at radius 2 is 1.72 bits per heavy atom. The van der Waals surface area contributed by atoms with Crippen LogP contribution in [0.1, 0.15) is 36.4 Å². The molecule has 3 aromatic rings. The molecule has 2 N–H and O–H groups in total. The van der Waals surface area contributed by atoms with Gasteiger partial charge in [0.25, 0.3) is 0 Å². The Bertz CT molecular complexity index is 758. The molecular weight excluding hydrogens is 312 g/mol. The van der Waals surface area contributed by atoms with Gasteiger partial charge < -0.3 is 10.4 Å². The van der Waals surface area contributed by atoms with Crippen LogP contribution in [0.3, 0.4) is 0 Å². The molecule has 25 heavy (non-hydrogen) atoms. The Labute approximate surface area is 148 Å². The minimum atomic E-state index is 0.193. The normalized spacial score (nSPS) is 13.5. The van der Waals surface area contributed by atoms with Crippen molar-refractivity contribution in [1.82, 2.24) is 20.1 Å². The third-order valence-corrected chi connectivity index (χ3v) is 4.51. The van der Waals surface area contributed by atoms with Crippen LogP contribution in [0.15, 0.2) is 67.3 Å². The number of benzene rings is 2. The van der Waals surface area contributed by atoms with E-state index in [1.807, 2.05) is 34.9 Å². The molecule has 130 valence electrons. The van der Waals surface area contributed by atoms with Gasteiger partial charge in [-0.2, -0.15) is 0 Å². The molecule has 1 aromatic heterocycles. The van der Waals surface area contributed by atoms with Gasteiger partial charge in [0, 0.05) is 24.9 Å². The van der Waals surface area contributed by atoms with Crippen LogP contribution in [0.25, 0.3) is 5.69 Å². The zero-order valence-corrected chi connectivity index (χ0v) is 14.4. The molecule has 3 rings (SSSR count). The Morgan fingerprint density at radius 1 is 1.00 bits per heavy atom. The molecule has 0 radical (unpaired) electrons. The summed E-state index contributed by atoms with van der Waals surface area (Å²) in [5.74, 6) is 0.301. The minimum Gasteiger partial charge on any atom is -0.396 e. The largest absolute Gasteiger partial charge is 0.396 e. The second kappa shape index (κ2) is 8.55. The second-order valence-electron chi connectivity index (χ2n) is 6.21. The van der Waals surface area contributed by atoms with E-state index in [4.69, 9.17) is 0 Å². The number of nitrogens with one attached hydrogen (secondary N) is 1. The topological polar surface area (TPSA) is 63.0 Å². The number of rotatable bonds is 8. The molecule has 5 nitrogen and oxygen atoms in total. The highest BCUT2D eigenvalue weighted by Gasteiger charge is 2.13. The maximum Gasteiger partial charge on any atom is 0.123 e. The molecule has 0 aliphatic heterocycles. The predicted octanol–water partition coefficient (Wildman–Crippen LogP) is 3.08. The van der Waals surface area contributed by atoms with Gasteiger partial charge in [0.05, 0.1) is 0 Å². The molecule has 0 spiro atoms. The summed E-state index contributed by atoms with van der Waals surface area (Å²) in [6.45, 7) is 3.17. The van der Waals surface area contributed by atoms with Crippen molar-refractivity contribution >= 4 is 0 Å². The Balaban J connectivity index is 1.67. The molecule has 5 heteroatoms.